The maximum atomic E-state index is 12.0. The van der Waals surface area contributed by atoms with E-state index in [4.69, 9.17) is 5.73 Å². The van der Waals surface area contributed by atoms with E-state index in [2.05, 4.69) is 5.32 Å². The van der Waals surface area contributed by atoms with E-state index in [9.17, 15) is 9.59 Å². The summed E-state index contributed by atoms with van der Waals surface area (Å²) in [4.78, 5) is 25.5. The molecule has 98 valence electrons. The Bertz CT molecular complexity index is 275. The summed E-state index contributed by atoms with van der Waals surface area (Å²) in [5.41, 5.74) is 5.41. The zero-order valence-corrected chi connectivity index (χ0v) is 10.7. The van der Waals surface area contributed by atoms with Gasteiger partial charge in [-0.25, -0.2) is 0 Å². The second-order valence-corrected chi connectivity index (χ2v) is 4.75. The molecule has 0 aliphatic carbocycles. The molecule has 0 aromatic rings. The molecule has 1 heterocycles. The minimum absolute atomic E-state index is 0.0160. The van der Waals surface area contributed by atoms with Gasteiger partial charge in [-0.2, -0.15) is 0 Å². The van der Waals surface area contributed by atoms with Gasteiger partial charge in [-0.1, -0.05) is 6.92 Å². The zero-order chi connectivity index (χ0) is 12.8. The van der Waals surface area contributed by atoms with Crippen LogP contribution in [0.5, 0.6) is 0 Å². The van der Waals surface area contributed by atoms with Crippen LogP contribution in [-0.4, -0.2) is 42.4 Å². The van der Waals surface area contributed by atoms with Crippen molar-refractivity contribution in [2.75, 3.05) is 19.6 Å². The van der Waals surface area contributed by atoms with E-state index in [1.54, 1.807) is 13.8 Å². The molecule has 1 rings (SSSR count). The van der Waals surface area contributed by atoms with Crippen molar-refractivity contribution in [2.24, 2.45) is 11.7 Å². The Balaban J connectivity index is 2.43. The van der Waals surface area contributed by atoms with Crippen molar-refractivity contribution in [3.05, 3.63) is 0 Å². The van der Waals surface area contributed by atoms with Gasteiger partial charge in [0, 0.05) is 25.6 Å². The van der Waals surface area contributed by atoms with Crippen LogP contribution in [0.15, 0.2) is 0 Å². The second kappa shape index (κ2) is 6.59. The SMILES string of the molecule is CC(CN)C(=O)NC(C)C(=O)N1CCCCC1. The lowest BCUT2D eigenvalue weighted by atomic mass is 10.1. The monoisotopic (exact) mass is 241 g/mol. The number of carbonyl (C=O) groups is 2. The van der Waals surface area contributed by atoms with E-state index in [1.807, 2.05) is 4.90 Å². The molecular weight excluding hydrogens is 218 g/mol. The highest BCUT2D eigenvalue weighted by Crippen LogP contribution is 2.10. The summed E-state index contributed by atoms with van der Waals surface area (Å²) in [5, 5.41) is 2.72. The first kappa shape index (κ1) is 14.0. The Labute approximate surface area is 103 Å². The molecule has 1 aliphatic heterocycles. The molecule has 0 bridgehead atoms. The van der Waals surface area contributed by atoms with Gasteiger partial charge in [0.15, 0.2) is 0 Å². The average molecular weight is 241 g/mol. The van der Waals surface area contributed by atoms with E-state index in [0.29, 0.717) is 6.54 Å². The summed E-state index contributed by atoms with van der Waals surface area (Å²) in [6, 6.07) is -0.449. The number of piperidine rings is 1. The van der Waals surface area contributed by atoms with Gasteiger partial charge in [0.25, 0.3) is 0 Å². The van der Waals surface area contributed by atoms with Gasteiger partial charge in [0.05, 0.1) is 0 Å². The fourth-order valence-electron chi connectivity index (χ4n) is 1.91. The molecule has 0 aromatic heterocycles. The first-order valence-corrected chi connectivity index (χ1v) is 6.35. The van der Waals surface area contributed by atoms with Crippen LogP contribution in [0.4, 0.5) is 0 Å². The Kier molecular flexibility index (Phi) is 5.41. The highest BCUT2D eigenvalue weighted by molar-refractivity contribution is 5.88. The van der Waals surface area contributed by atoms with Gasteiger partial charge in [-0.15, -0.1) is 0 Å². The normalized spacial score (nSPS) is 19.6. The molecule has 2 amide bonds. The molecule has 5 nitrogen and oxygen atoms in total. The molecule has 2 unspecified atom stereocenters. The van der Waals surface area contributed by atoms with E-state index in [-0.39, 0.29) is 17.7 Å². The third-order valence-corrected chi connectivity index (χ3v) is 3.20. The lowest BCUT2D eigenvalue weighted by molar-refractivity contribution is -0.137. The standard InChI is InChI=1S/C12H23N3O2/c1-9(8-13)11(16)14-10(2)12(17)15-6-4-3-5-7-15/h9-10H,3-8,13H2,1-2H3,(H,14,16). The first-order chi connectivity index (χ1) is 8.06. The van der Waals surface area contributed by atoms with Crippen LogP contribution < -0.4 is 11.1 Å². The summed E-state index contributed by atoms with van der Waals surface area (Å²) in [5.74, 6) is -0.376. The summed E-state index contributed by atoms with van der Waals surface area (Å²) in [6.07, 6.45) is 3.31. The fraction of sp³-hybridized carbons (Fsp3) is 0.833. The molecule has 2 atom stereocenters. The van der Waals surface area contributed by atoms with Crippen LogP contribution in [0.2, 0.25) is 0 Å². The smallest absolute Gasteiger partial charge is 0.244 e. The Hall–Kier alpha value is -1.10. The molecule has 1 saturated heterocycles. The van der Waals surface area contributed by atoms with Crippen molar-refractivity contribution < 1.29 is 9.59 Å². The van der Waals surface area contributed by atoms with Crippen molar-refractivity contribution in [1.29, 1.82) is 0 Å². The predicted octanol–water partition coefficient (Wildman–Crippen LogP) is 0.0984. The Morgan fingerprint density at radius 2 is 1.82 bits per heavy atom. The lowest BCUT2D eigenvalue weighted by Crippen LogP contribution is -2.50. The van der Waals surface area contributed by atoms with Gasteiger partial charge < -0.3 is 16.0 Å². The largest absolute Gasteiger partial charge is 0.344 e. The summed E-state index contributed by atoms with van der Waals surface area (Å²) < 4.78 is 0. The van der Waals surface area contributed by atoms with Gasteiger partial charge in [0.1, 0.15) is 6.04 Å². The number of carbonyl (C=O) groups excluding carboxylic acids is 2. The highest BCUT2D eigenvalue weighted by atomic mass is 16.2. The van der Waals surface area contributed by atoms with Gasteiger partial charge in [-0.05, 0) is 26.2 Å². The predicted molar refractivity (Wildman–Crippen MR) is 66.3 cm³/mol. The summed E-state index contributed by atoms with van der Waals surface area (Å²) in [7, 11) is 0. The molecule has 1 aliphatic rings. The second-order valence-electron chi connectivity index (χ2n) is 4.75. The number of amides is 2. The van der Waals surface area contributed by atoms with Crippen LogP contribution in [0, 0.1) is 5.92 Å². The first-order valence-electron chi connectivity index (χ1n) is 6.35. The van der Waals surface area contributed by atoms with Crippen LogP contribution >= 0.6 is 0 Å². The van der Waals surface area contributed by atoms with E-state index < -0.39 is 6.04 Å². The number of nitrogens with two attached hydrogens (primary N) is 1. The maximum absolute atomic E-state index is 12.0. The van der Waals surface area contributed by atoms with Crippen LogP contribution in [-0.2, 0) is 9.59 Å². The van der Waals surface area contributed by atoms with Crippen molar-refractivity contribution in [3.63, 3.8) is 0 Å². The topological polar surface area (TPSA) is 75.4 Å². The average Bonchev–Trinajstić information content (AvgIpc) is 2.37. The number of rotatable bonds is 4. The number of hydrogen-bond acceptors (Lipinski definition) is 3. The molecular formula is C12H23N3O2. The van der Waals surface area contributed by atoms with E-state index >= 15 is 0 Å². The minimum atomic E-state index is -0.449. The zero-order valence-electron chi connectivity index (χ0n) is 10.7. The molecule has 17 heavy (non-hydrogen) atoms. The van der Waals surface area contributed by atoms with Crippen LogP contribution in [0.25, 0.3) is 0 Å². The van der Waals surface area contributed by atoms with Crippen molar-refractivity contribution in [3.8, 4) is 0 Å². The number of likely N-dealkylation sites (tertiary alicyclic amines) is 1. The lowest BCUT2D eigenvalue weighted by Gasteiger charge is -2.29. The summed E-state index contributed by atoms with van der Waals surface area (Å²) in [6.45, 7) is 5.42. The van der Waals surface area contributed by atoms with E-state index in [0.717, 1.165) is 25.9 Å². The fourth-order valence-corrected chi connectivity index (χ4v) is 1.91. The van der Waals surface area contributed by atoms with Crippen LogP contribution in [0.1, 0.15) is 33.1 Å². The minimum Gasteiger partial charge on any atom is -0.344 e. The Morgan fingerprint density at radius 3 is 2.35 bits per heavy atom. The van der Waals surface area contributed by atoms with Gasteiger partial charge in [-0.3, -0.25) is 9.59 Å². The molecule has 0 spiro atoms. The van der Waals surface area contributed by atoms with E-state index in [1.165, 1.54) is 6.42 Å². The molecule has 3 N–H and O–H groups in total. The van der Waals surface area contributed by atoms with Gasteiger partial charge in [0.2, 0.25) is 11.8 Å². The molecule has 0 radical (unpaired) electrons. The third kappa shape index (κ3) is 4.00. The number of nitrogens with zero attached hydrogens (tertiary/aromatic N) is 1. The Morgan fingerprint density at radius 1 is 1.24 bits per heavy atom. The third-order valence-electron chi connectivity index (χ3n) is 3.20. The number of nitrogens with one attached hydrogen (secondary N) is 1. The van der Waals surface area contributed by atoms with Crippen molar-refractivity contribution in [2.45, 2.75) is 39.2 Å². The maximum Gasteiger partial charge on any atom is 0.244 e. The molecule has 5 heteroatoms. The quantitative estimate of drug-likeness (QED) is 0.733. The summed E-state index contributed by atoms with van der Waals surface area (Å²) >= 11 is 0. The molecule has 0 aromatic carbocycles. The number of hydrogen-bond donors (Lipinski definition) is 2. The molecule has 1 fully saturated rings. The van der Waals surface area contributed by atoms with Crippen molar-refractivity contribution >= 4 is 11.8 Å². The molecule has 0 saturated carbocycles. The highest BCUT2D eigenvalue weighted by Gasteiger charge is 2.24. The van der Waals surface area contributed by atoms with Gasteiger partial charge >= 0.3 is 0 Å². The van der Waals surface area contributed by atoms with Crippen LogP contribution in [0.3, 0.4) is 0 Å². The van der Waals surface area contributed by atoms with Crippen molar-refractivity contribution in [1.82, 2.24) is 10.2 Å².